The number of unbranched alkanes of at least 4 members (excludes halogenated alkanes) is 1. The summed E-state index contributed by atoms with van der Waals surface area (Å²) >= 11 is 0. The highest BCUT2D eigenvalue weighted by Gasteiger charge is 2.18. The zero-order valence-electron chi connectivity index (χ0n) is 17.0. The molecule has 1 aromatic carbocycles. The molecule has 0 radical (unpaired) electrons. The molecule has 0 amide bonds. The molecule has 0 aliphatic carbocycles. The van der Waals surface area contributed by atoms with Crippen molar-refractivity contribution in [2.75, 3.05) is 30.8 Å². The molecule has 1 unspecified atom stereocenters. The van der Waals surface area contributed by atoms with Gasteiger partial charge in [0.05, 0.1) is 0 Å². The minimum absolute atomic E-state index is 0.0700. The largest absolute Gasteiger partial charge is 0.491 e. The monoisotopic (exact) mass is 390 g/mol. The number of ether oxygens (including phenoxy) is 1. The van der Waals surface area contributed by atoms with E-state index in [2.05, 4.69) is 4.98 Å². The smallest absolute Gasteiger partial charge is 0.330 e. The van der Waals surface area contributed by atoms with Crippen molar-refractivity contribution in [3.63, 3.8) is 0 Å². The van der Waals surface area contributed by atoms with Gasteiger partial charge in [-0.05, 0) is 43.5 Å². The number of nitrogens with one attached hydrogen (secondary N) is 1. The number of anilines is 2. The summed E-state index contributed by atoms with van der Waals surface area (Å²) in [6.45, 7) is 6.59. The van der Waals surface area contributed by atoms with Gasteiger partial charge in [-0.2, -0.15) is 0 Å². The third-order valence-electron chi connectivity index (χ3n) is 4.45. The van der Waals surface area contributed by atoms with Gasteiger partial charge in [-0.3, -0.25) is 14.3 Å². The summed E-state index contributed by atoms with van der Waals surface area (Å²) in [4.78, 5) is 28.1. The molecule has 2 aromatic rings. The van der Waals surface area contributed by atoms with E-state index in [-0.39, 0.29) is 24.7 Å². The Balaban J connectivity index is 2.10. The van der Waals surface area contributed by atoms with Crippen LogP contribution in [0.4, 0.5) is 11.5 Å². The zero-order chi connectivity index (χ0) is 20.8. The number of hydrogen-bond acceptors (Lipinski definition) is 6. The molecule has 0 saturated carbocycles. The molecule has 8 heteroatoms. The maximum Gasteiger partial charge on any atom is 0.330 e. The Kier molecular flexibility index (Phi) is 7.28. The third-order valence-corrected chi connectivity index (χ3v) is 4.45. The minimum atomic E-state index is -0.847. The predicted molar refractivity (Wildman–Crippen MR) is 111 cm³/mol. The Morgan fingerprint density at radius 3 is 2.50 bits per heavy atom. The molecule has 0 fully saturated rings. The molecule has 2 rings (SSSR count). The molecule has 1 atom stereocenters. The maximum atomic E-state index is 12.3. The summed E-state index contributed by atoms with van der Waals surface area (Å²) in [5.74, 6) is 0.789. The van der Waals surface area contributed by atoms with Crippen molar-refractivity contribution in [3.8, 4) is 5.75 Å². The second kappa shape index (κ2) is 9.45. The number of nitrogens with zero attached hydrogens (tertiary/aromatic N) is 2. The van der Waals surface area contributed by atoms with E-state index in [1.54, 1.807) is 11.9 Å². The molecular formula is C20H30N4O4. The summed E-state index contributed by atoms with van der Waals surface area (Å²) in [5, 5.41) is 10.3. The van der Waals surface area contributed by atoms with E-state index in [0.717, 1.165) is 24.0 Å². The number of aryl methyl sites for hydroxylation is 2. The zero-order valence-corrected chi connectivity index (χ0v) is 17.0. The van der Waals surface area contributed by atoms with E-state index in [1.165, 1.54) is 4.57 Å². The summed E-state index contributed by atoms with van der Waals surface area (Å²) in [6, 6.07) is 5.84. The lowest BCUT2D eigenvalue weighted by molar-refractivity contribution is 0.113. The van der Waals surface area contributed by atoms with Crippen LogP contribution in [-0.2, 0) is 6.54 Å². The van der Waals surface area contributed by atoms with Gasteiger partial charge < -0.3 is 20.5 Å². The highest BCUT2D eigenvalue weighted by Crippen LogP contribution is 2.18. The molecule has 0 spiro atoms. The first-order valence-corrected chi connectivity index (χ1v) is 9.45. The van der Waals surface area contributed by atoms with Crippen LogP contribution in [0, 0.1) is 13.8 Å². The van der Waals surface area contributed by atoms with Gasteiger partial charge in [0.2, 0.25) is 0 Å². The molecule has 0 aliphatic rings. The normalized spacial score (nSPS) is 12.0. The van der Waals surface area contributed by atoms with Gasteiger partial charge in [0.25, 0.3) is 5.56 Å². The number of aliphatic hydroxyl groups is 1. The number of H-pyrrole nitrogens is 1. The summed E-state index contributed by atoms with van der Waals surface area (Å²) < 4.78 is 7.03. The Hall–Kier alpha value is -2.74. The first kappa shape index (κ1) is 21.6. The lowest BCUT2D eigenvalue weighted by atomic mass is 10.1. The number of likely N-dealkylation sites (N-methyl/N-ethyl adjacent to an activating group) is 1. The standard InChI is InChI=1S/C20H30N4O4/c1-5-6-7-24-18(21)17(19(26)22-20(24)27)23(4)11-15(25)12-28-16-9-13(2)8-14(3)10-16/h8-10,15,25H,5-7,11-12,21H2,1-4H3,(H,22,26,27). The van der Waals surface area contributed by atoms with E-state index in [9.17, 15) is 14.7 Å². The van der Waals surface area contributed by atoms with Crippen molar-refractivity contribution >= 4 is 11.5 Å². The second-order valence-electron chi connectivity index (χ2n) is 7.17. The van der Waals surface area contributed by atoms with Crippen molar-refractivity contribution in [2.24, 2.45) is 0 Å². The van der Waals surface area contributed by atoms with E-state index in [4.69, 9.17) is 10.5 Å². The summed E-state index contributed by atoms with van der Waals surface area (Å²) in [5.41, 5.74) is 7.32. The Morgan fingerprint density at radius 2 is 1.89 bits per heavy atom. The molecule has 1 heterocycles. The Labute approximate surface area is 164 Å². The van der Waals surface area contributed by atoms with Crippen molar-refractivity contribution < 1.29 is 9.84 Å². The van der Waals surface area contributed by atoms with Crippen LogP contribution in [0.5, 0.6) is 5.75 Å². The summed E-state index contributed by atoms with van der Waals surface area (Å²) in [7, 11) is 1.65. The van der Waals surface area contributed by atoms with Crippen LogP contribution in [0.25, 0.3) is 0 Å². The molecule has 0 bridgehead atoms. The van der Waals surface area contributed by atoms with Crippen molar-refractivity contribution in [3.05, 3.63) is 50.2 Å². The highest BCUT2D eigenvalue weighted by atomic mass is 16.5. The average Bonchev–Trinajstić information content (AvgIpc) is 2.58. The SMILES string of the molecule is CCCCn1c(N)c(N(C)CC(O)COc2cc(C)cc(C)c2)c(=O)[nH]c1=O. The fourth-order valence-corrected chi connectivity index (χ4v) is 3.15. The maximum absolute atomic E-state index is 12.3. The Morgan fingerprint density at radius 1 is 1.25 bits per heavy atom. The van der Waals surface area contributed by atoms with Crippen molar-refractivity contribution in [1.29, 1.82) is 0 Å². The number of hydrogen-bond donors (Lipinski definition) is 3. The minimum Gasteiger partial charge on any atom is -0.491 e. The molecule has 0 saturated heterocycles. The topological polar surface area (TPSA) is 114 Å². The number of aliphatic hydroxyl groups excluding tert-OH is 1. The van der Waals surface area contributed by atoms with Crippen LogP contribution in [-0.4, -0.2) is 41.0 Å². The summed E-state index contributed by atoms with van der Waals surface area (Å²) in [6.07, 6.45) is 0.816. The Bertz CT molecular complexity index is 899. The fourth-order valence-electron chi connectivity index (χ4n) is 3.15. The average molecular weight is 390 g/mol. The van der Waals surface area contributed by atoms with Crippen LogP contribution in [0.2, 0.25) is 0 Å². The molecular weight excluding hydrogens is 360 g/mol. The van der Waals surface area contributed by atoms with E-state index >= 15 is 0 Å². The van der Waals surface area contributed by atoms with Crippen LogP contribution >= 0.6 is 0 Å². The predicted octanol–water partition coefficient (Wildman–Crippen LogP) is 1.41. The van der Waals surface area contributed by atoms with Gasteiger partial charge in [-0.25, -0.2) is 4.79 Å². The second-order valence-corrected chi connectivity index (χ2v) is 7.17. The van der Waals surface area contributed by atoms with E-state index in [1.807, 2.05) is 39.0 Å². The van der Waals surface area contributed by atoms with E-state index in [0.29, 0.717) is 12.3 Å². The number of aromatic amines is 1. The number of aromatic nitrogens is 2. The van der Waals surface area contributed by atoms with Gasteiger partial charge in [-0.15, -0.1) is 0 Å². The highest BCUT2D eigenvalue weighted by molar-refractivity contribution is 5.62. The number of benzene rings is 1. The molecule has 1 aromatic heterocycles. The molecule has 28 heavy (non-hydrogen) atoms. The quantitative estimate of drug-likeness (QED) is 0.597. The van der Waals surface area contributed by atoms with Crippen LogP contribution in [0.3, 0.4) is 0 Å². The number of nitrogens with two attached hydrogens (primary N) is 1. The lowest BCUT2D eigenvalue weighted by Gasteiger charge is -2.24. The number of nitrogen functional groups attached to an aromatic ring is 1. The first-order valence-electron chi connectivity index (χ1n) is 9.45. The molecule has 4 N–H and O–H groups in total. The fraction of sp³-hybridized carbons (Fsp3) is 0.500. The molecule has 0 aliphatic heterocycles. The first-order chi connectivity index (χ1) is 13.2. The molecule has 8 nitrogen and oxygen atoms in total. The van der Waals surface area contributed by atoms with Gasteiger partial charge >= 0.3 is 5.69 Å². The van der Waals surface area contributed by atoms with Crippen molar-refractivity contribution in [1.82, 2.24) is 9.55 Å². The number of rotatable bonds is 9. The van der Waals surface area contributed by atoms with Gasteiger partial charge in [0.1, 0.15) is 30.0 Å². The van der Waals surface area contributed by atoms with Gasteiger partial charge in [-0.1, -0.05) is 19.4 Å². The molecule has 154 valence electrons. The van der Waals surface area contributed by atoms with Gasteiger partial charge in [0, 0.05) is 20.1 Å². The third kappa shape index (κ3) is 5.39. The lowest BCUT2D eigenvalue weighted by Crippen LogP contribution is -2.40. The van der Waals surface area contributed by atoms with E-state index < -0.39 is 17.4 Å². The van der Waals surface area contributed by atoms with Crippen LogP contribution < -0.4 is 26.6 Å². The van der Waals surface area contributed by atoms with Gasteiger partial charge in [0.15, 0.2) is 0 Å². The van der Waals surface area contributed by atoms with Crippen LogP contribution in [0.15, 0.2) is 27.8 Å². The van der Waals surface area contributed by atoms with Crippen molar-refractivity contribution in [2.45, 2.75) is 46.3 Å². The van der Waals surface area contributed by atoms with Crippen LogP contribution in [0.1, 0.15) is 30.9 Å².